The Balaban J connectivity index is 1.66. The molecule has 0 aliphatic rings. The molecule has 1 amide bonds. The zero-order valence-electron chi connectivity index (χ0n) is 10.8. The Morgan fingerprint density at radius 2 is 2.30 bits per heavy atom. The lowest BCUT2D eigenvalue weighted by Gasteiger charge is -2.03. The second kappa shape index (κ2) is 5.08. The van der Waals surface area contributed by atoms with Crippen LogP contribution in [0.1, 0.15) is 10.5 Å². The molecule has 0 saturated heterocycles. The number of anilines is 1. The van der Waals surface area contributed by atoms with Gasteiger partial charge < -0.3 is 16.0 Å². The second-order valence-corrected chi connectivity index (χ2v) is 4.55. The van der Waals surface area contributed by atoms with Gasteiger partial charge in [-0.3, -0.25) is 9.48 Å². The van der Waals surface area contributed by atoms with E-state index in [0.29, 0.717) is 24.5 Å². The Labute approximate surface area is 115 Å². The van der Waals surface area contributed by atoms with Gasteiger partial charge in [0.15, 0.2) is 0 Å². The first kappa shape index (κ1) is 12.3. The molecule has 0 unspecified atom stereocenters. The fraction of sp³-hybridized carbons (Fsp3) is 0.143. The van der Waals surface area contributed by atoms with Crippen molar-refractivity contribution >= 4 is 22.5 Å². The van der Waals surface area contributed by atoms with Crippen LogP contribution in [0, 0.1) is 0 Å². The topological polar surface area (TPSA) is 88.7 Å². The molecule has 0 aliphatic carbocycles. The third-order valence-electron chi connectivity index (χ3n) is 3.08. The molecule has 0 radical (unpaired) electrons. The van der Waals surface area contributed by atoms with Crippen LogP contribution in [0.2, 0.25) is 0 Å². The predicted octanol–water partition coefficient (Wildman–Crippen LogP) is 1.38. The highest BCUT2D eigenvalue weighted by Gasteiger charge is 2.09. The maximum atomic E-state index is 12.0. The van der Waals surface area contributed by atoms with E-state index >= 15 is 0 Å². The number of hydrogen-bond acceptors (Lipinski definition) is 3. The third-order valence-corrected chi connectivity index (χ3v) is 3.08. The molecule has 0 spiro atoms. The lowest BCUT2D eigenvalue weighted by Crippen LogP contribution is -2.27. The van der Waals surface area contributed by atoms with Gasteiger partial charge in [-0.25, -0.2) is 0 Å². The first-order valence-corrected chi connectivity index (χ1v) is 6.36. The summed E-state index contributed by atoms with van der Waals surface area (Å²) in [6.45, 7) is 1.17. The molecule has 0 fully saturated rings. The van der Waals surface area contributed by atoms with Crippen molar-refractivity contribution in [1.82, 2.24) is 20.1 Å². The quantitative estimate of drug-likeness (QED) is 0.625. The number of rotatable bonds is 4. The highest BCUT2D eigenvalue weighted by atomic mass is 16.1. The first-order valence-electron chi connectivity index (χ1n) is 6.36. The Hall–Kier alpha value is -2.76. The predicted molar refractivity (Wildman–Crippen MR) is 77.3 cm³/mol. The number of fused-ring (bicyclic) bond motifs is 1. The van der Waals surface area contributed by atoms with E-state index in [9.17, 15) is 4.79 Å². The average molecular weight is 269 g/mol. The molecule has 0 aliphatic heterocycles. The monoisotopic (exact) mass is 269 g/mol. The Morgan fingerprint density at radius 3 is 3.10 bits per heavy atom. The zero-order valence-corrected chi connectivity index (χ0v) is 10.8. The van der Waals surface area contributed by atoms with Gasteiger partial charge in [0, 0.05) is 35.5 Å². The van der Waals surface area contributed by atoms with Crippen LogP contribution in [0.5, 0.6) is 0 Å². The van der Waals surface area contributed by atoms with Crippen molar-refractivity contribution in [3.63, 3.8) is 0 Å². The maximum Gasteiger partial charge on any atom is 0.267 e. The summed E-state index contributed by atoms with van der Waals surface area (Å²) in [6.07, 6.45) is 3.57. The van der Waals surface area contributed by atoms with Gasteiger partial charge in [-0.15, -0.1) is 0 Å². The largest absolute Gasteiger partial charge is 0.399 e. The van der Waals surface area contributed by atoms with E-state index in [1.165, 1.54) is 0 Å². The number of hydrogen-bond donors (Lipinski definition) is 3. The van der Waals surface area contributed by atoms with E-state index in [-0.39, 0.29) is 5.91 Å². The van der Waals surface area contributed by atoms with E-state index in [1.54, 1.807) is 23.0 Å². The molecule has 3 aromatic rings. The van der Waals surface area contributed by atoms with Crippen LogP contribution in [-0.2, 0) is 6.54 Å². The van der Waals surface area contributed by atoms with Gasteiger partial charge in [0.25, 0.3) is 5.91 Å². The number of carbonyl (C=O) groups excluding carboxylic acids is 1. The Morgan fingerprint density at radius 1 is 1.40 bits per heavy atom. The number of nitrogens with two attached hydrogens (primary N) is 1. The standard InChI is InChI=1S/C14H15N5O/c15-11-2-3-12-10(8-11)9-13(18-12)14(20)16-5-7-19-6-1-4-17-19/h1-4,6,8-9,18H,5,7,15H2,(H,16,20). The molecule has 2 heterocycles. The summed E-state index contributed by atoms with van der Waals surface area (Å²) >= 11 is 0. The lowest BCUT2D eigenvalue weighted by atomic mass is 10.2. The van der Waals surface area contributed by atoms with Crippen LogP contribution < -0.4 is 11.1 Å². The van der Waals surface area contributed by atoms with E-state index in [1.807, 2.05) is 24.4 Å². The van der Waals surface area contributed by atoms with Gasteiger partial charge in [-0.1, -0.05) is 0 Å². The molecule has 6 nitrogen and oxygen atoms in total. The summed E-state index contributed by atoms with van der Waals surface area (Å²) in [5.41, 5.74) is 7.83. The van der Waals surface area contributed by atoms with E-state index in [0.717, 1.165) is 10.9 Å². The van der Waals surface area contributed by atoms with Crippen molar-refractivity contribution in [1.29, 1.82) is 0 Å². The fourth-order valence-electron chi connectivity index (χ4n) is 2.09. The van der Waals surface area contributed by atoms with Gasteiger partial charge >= 0.3 is 0 Å². The van der Waals surface area contributed by atoms with Gasteiger partial charge in [-0.2, -0.15) is 5.10 Å². The van der Waals surface area contributed by atoms with Crippen LogP contribution in [-0.4, -0.2) is 27.2 Å². The SMILES string of the molecule is Nc1ccc2[nH]c(C(=O)NCCn3cccn3)cc2c1. The summed E-state index contributed by atoms with van der Waals surface area (Å²) in [4.78, 5) is 15.1. The van der Waals surface area contributed by atoms with Gasteiger partial charge in [0.2, 0.25) is 0 Å². The van der Waals surface area contributed by atoms with Crippen molar-refractivity contribution in [2.45, 2.75) is 6.54 Å². The summed E-state index contributed by atoms with van der Waals surface area (Å²) in [5, 5.41) is 7.86. The van der Waals surface area contributed by atoms with E-state index in [2.05, 4.69) is 15.4 Å². The number of amides is 1. The number of nitrogen functional groups attached to an aromatic ring is 1. The normalized spacial score (nSPS) is 10.8. The number of aromatic amines is 1. The molecule has 6 heteroatoms. The average Bonchev–Trinajstić information content (AvgIpc) is 3.06. The minimum absolute atomic E-state index is 0.132. The number of H-pyrrole nitrogens is 1. The summed E-state index contributed by atoms with van der Waals surface area (Å²) in [5.74, 6) is -0.132. The van der Waals surface area contributed by atoms with Crippen LogP contribution in [0.3, 0.4) is 0 Å². The second-order valence-electron chi connectivity index (χ2n) is 4.55. The molecule has 0 saturated carbocycles. The van der Waals surface area contributed by atoms with Crippen molar-refractivity contribution in [2.24, 2.45) is 0 Å². The highest BCUT2D eigenvalue weighted by molar-refractivity contribution is 5.98. The summed E-state index contributed by atoms with van der Waals surface area (Å²) in [6, 6.07) is 9.16. The van der Waals surface area contributed by atoms with Crippen molar-refractivity contribution < 1.29 is 4.79 Å². The van der Waals surface area contributed by atoms with Crippen LogP contribution >= 0.6 is 0 Å². The molecule has 2 aromatic heterocycles. The molecule has 0 bridgehead atoms. The molecule has 3 rings (SSSR count). The Kier molecular flexibility index (Phi) is 3.12. The minimum Gasteiger partial charge on any atom is -0.399 e. The van der Waals surface area contributed by atoms with Crippen molar-refractivity contribution in [2.75, 3.05) is 12.3 Å². The molecule has 1 aromatic carbocycles. The van der Waals surface area contributed by atoms with Crippen LogP contribution in [0.15, 0.2) is 42.7 Å². The smallest absolute Gasteiger partial charge is 0.267 e. The van der Waals surface area contributed by atoms with Gasteiger partial charge in [0.1, 0.15) is 5.69 Å². The highest BCUT2D eigenvalue weighted by Crippen LogP contribution is 2.18. The van der Waals surface area contributed by atoms with Gasteiger partial charge in [-0.05, 0) is 30.3 Å². The zero-order chi connectivity index (χ0) is 13.9. The van der Waals surface area contributed by atoms with E-state index in [4.69, 9.17) is 5.73 Å². The molecule has 20 heavy (non-hydrogen) atoms. The molecular formula is C14H15N5O. The number of nitrogens with one attached hydrogen (secondary N) is 2. The summed E-state index contributed by atoms with van der Waals surface area (Å²) in [7, 11) is 0. The van der Waals surface area contributed by atoms with Crippen molar-refractivity contribution in [3.05, 3.63) is 48.4 Å². The van der Waals surface area contributed by atoms with Crippen LogP contribution in [0.4, 0.5) is 5.69 Å². The van der Waals surface area contributed by atoms with Gasteiger partial charge in [0.05, 0.1) is 6.54 Å². The number of benzene rings is 1. The maximum absolute atomic E-state index is 12.0. The lowest BCUT2D eigenvalue weighted by molar-refractivity contribution is 0.0948. The number of aromatic nitrogens is 3. The molecular weight excluding hydrogens is 254 g/mol. The van der Waals surface area contributed by atoms with Crippen molar-refractivity contribution in [3.8, 4) is 0 Å². The number of carbonyl (C=O) groups is 1. The van der Waals surface area contributed by atoms with Crippen LogP contribution in [0.25, 0.3) is 10.9 Å². The number of nitrogens with zero attached hydrogens (tertiary/aromatic N) is 2. The summed E-state index contributed by atoms with van der Waals surface area (Å²) < 4.78 is 1.77. The molecule has 4 N–H and O–H groups in total. The third kappa shape index (κ3) is 2.49. The van der Waals surface area contributed by atoms with E-state index < -0.39 is 0 Å². The molecule has 102 valence electrons. The minimum atomic E-state index is -0.132. The Bertz CT molecular complexity index is 729. The first-order chi connectivity index (χ1) is 9.72. The fourth-order valence-corrected chi connectivity index (χ4v) is 2.09. The molecule has 0 atom stereocenters.